The number of fused-ring (bicyclic) bond motifs is 1. The summed E-state index contributed by atoms with van der Waals surface area (Å²) in [6, 6.07) is 13.2. The molecule has 6 nitrogen and oxygen atoms in total. The lowest BCUT2D eigenvalue weighted by molar-refractivity contribution is 0.413. The van der Waals surface area contributed by atoms with Crippen molar-refractivity contribution in [1.82, 2.24) is 14.7 Å². The molecule has 0 amide bonds. The SMILES string of the molecule is COc1ccccc1-c1noc(-c2cn(C)c3ccc(C)cc3c2=O)n1. The summed E-state index contributed by atoms with van der Waals surface area (Å²) in [5.41, 5.74) is 2.83. The molecule has 26 heavy (non-hydrogen) atoms. The van der Waals surface area contributed by atoms with E-state index in [1.807, 2.05) is 61.0 Å². The normalized spacial score (nSPS) is 11.0. The van der Waals surface area contributed by atoms with Crippen molar-refractivity contribution in [3.05, 3.63) is 64.4 Å². The highest BCUT2D eigenvalue weighted by atomic mass is 16.5. The van der Waals surface area contributed by atoms with E-state index in [4.69, 9.17) is 9.26 Å². The minimum atomic E-state index is -0.128. The Bertz CT molecular complexity index is 1170. The van der Waals surface area contributed by atoms with Gasteiger partial charge in [0.15, 0.2) is 0 Å². The number of aromatic nitrogens is 3. The van der Waals surface area contributed by atoms with Crippen molar-refractivity contribution in [2.24, 2.45) is 7.05 Å². The van der Waals surface area contributed by atoms with E-state index in [9.17, 15) is 4.79 Å². The van der Waals surface area contributed by atoms with E-state index < -0.39 is 0 Å². The summed E-state index contributed by atoms with van der Waals surface area (Å²) in [5, 5.41) is 4.65. The van der Waals surface area contributed by atoms with Gasteiger partial charge in [-0.05, 0) is 31.2 Å². The summed E-state index contributed by atoms with van der Waals surface area (Å²) < 4.78 is 12.6. The van der Waals surface area contributed by atoms with E-state index in [2.05, 4.69) is 10.1 Å². The summed E-state index contributed by atoms with van der Waals surface area (Å²) in [5.74, 6) is 1.21. The van der Waals surface area contributed by atoms with Crippen LogP contribution >= 0.6 is 0 Å². The quantitative estimate of drug-likeness (QED) is 0.566. The largest absolute Gasteiger partial charge is 0.496 e. The van der Waals surface area contributed by atoms with Crippen LogP contribution in [0.2, 0.25) is 0 Å². The Morgan fingerprint density at radius 1 is 1.12 bits per heavy atom. The smallest absolute Gasteiger partial charge is 0.263 e. The molecule has 130 valence electrons. The van der Waals surface area contributed by atoms with Crippen LogP contribution in [0.3, 0.4) is 0 Å². The highest BCUT2D eigenvalue weighted by Crippen LogP contribution is 2.29. The lowest BCUT2D eigenvalue weighted by Gasteiger charge is -2.07. The Morgan fingerprint density at radius 2 is 1.92 bits per heavy atom. The first-order valence-electron chi connectivity index (χ1n) is 8.16. The molecule has 6 heteroatoms. The molecule has 0 fully saturated rings. The zero-order valence-corrected chi connectivity index (χ0v) is 14.7. The van der Waals surface area contributed by atoms with Crippen LogP contribution in [0.1, 0.15) is 5.56 Å². The van der Waals surface area contributed by atoms with Crippen LogP contribution in [0.25, 0.3) is 33.7 Å². The van der Waals surface area contributed by atoms with E-state index >= 15 is 0 Å². The fraction of sp³-hybridized carbons (Fsp3) is 0.150. The van der Waals surface area contributed by atoms with Gasteiger partial charge in [0.2, 0.25) is 11.3 Å². The number of para-hydroxylation sites is 1. The van der Waals surface area contributed by atoms with Crippen LogP contribution < -0.4 is 10.2 Å². The van der Waals surface area contributed by atoms with Crippen LogP contribution in [0.4, 0.5) is 0 Å². The third-order valence-corrected chi connectivity index (χ3v) is 4.35. The summed E-state index contributed by atoms with van der Waals surface area (Å²) >= 11 is 0. The second-order valence-corrected chi connectivity index (χ2v) is 6.13. The van der Waals surface area contributed by atoms with E-state index in [0.29, 0.717) is 28.1 Å². The average molecular weight is 347 g/mol. The molecule has 0 aliphatic carbocycles. The van der Waals surface area contributed by atoms with Crippen LogP contribution in [0, 0.1) is 6.92 Å². The summed E-state index contributed by atoms with van der Waals surface area (Å²) in [6.45, 7) is 1.96. The van der Waals surface area contributed by atoms with E-state index in [1.54, 1.807) is 13.3 Å². The van der Waals surface area contributed by atoms with Gasteiger partial charge >= 0.3 is 0 Å². The summed E-state index contributed by atoms with van der Waals surface area (Å²) in [7, 11) is 3.47. The van der Waals surface area contributed by atoms with Gasteiger partial charge in [-0.3, -0.25) is 4.79 Å². The molecule has 4 rings (SSSR count). The Hall–Kier alpha value is -3.41. The molecule has 0 N–H and O–H groups in total. The Kier molecular flexibility index (Phi) is 3.80. The molecule has 0 saturated carbocycles. The number of hydrogen-bond donors (Lipinski definition) is 0. The fourth-order valence-corrected chi connectivity index (χ4v) is 3.03. The second kappa shape index (κ2) is 6.15. The molecule has 2 heterocycles. The molecule has 2 aromatic carbocycles. The summed E-state index contributed by atoms with van der Waals surface area (Å²) in [6.07, 6.45) is 1.72. The molecular weight excluding hydrogens is 330 g/mol. The summed E-state index contributed by atoms with van der Waals surface area (Å²) in [4.78, 5) is 17.4. The number of methoxy groups -OCH3 is 1. The molecule has 0 radical (unpaired) electrons. The van der Waals surface area contributed by atoms with Crippen LogP contribution in [-0.2, 0) is 7.05 Å². The van der Waals surface area contributed by atoms with Gasteiger partial charge in [-0.15, -0.1) is 0 Å². The maximum Gasteiger partial charge on any atom is 0.263 e. The molecule has 0 atom stereocenters. The molecular formula is C20H17N3O3. The van der Waals surface area contributed by atoms with Crippen LogP contribution in [0.15, 0.2) is 58.0 Å². The first-order valence-corrected chi connectivity index (χ1v) is 8.16. The molecule has 0 unspecified atom stereocenters. The van der Waals surface area contributed by atoms with Crippen LogP contribution in [0.5, 0.6) is 5.75 Å². The molecule has 0 spiro atoms. The number of hydrogen-bond acceptors (Lipinski definition) is 5. The number of aryl methyl sites for hydroxylation is 2. The number of pyridine rings is 1. The highest BCUT2D eigenvalue weighted by molar-refractivity contribution is 5.83. The number of rotatable bonds is 3. The monoisotopic (exact) mass is 347 g/mol. The molecule has 0 saturated heterocycles. The maximum atomic E-state index is 12.9. The van der Waals surface area contributed by atoms with Crippen molar-refractivity contribution in [1.29, 1.82) is 0 Å². The van der Waals surface area contributed by atoms with Gasteiger partial charge in [-0.1, -0.05) is 28.9 Å². The lowest BCUT2D eigenvalue weighted by atomic mass is 10.1. The van der Waals surface area contributed by atoms with Gasteiger partial charge in [0.05, 0.1) is 18.2 Å². The van der Waals surface area contributed by atoms with Gasteiger partial charge in [0.25, 0.3) is 5.89 Å². The predicted octanol–water partition coefficient (Wildman–Crippen LogP) is 3.57. The van der Waals surface area contributed by atoms with Crippen molar-refractivity contribution in [3.8, 4) is 28.6 Å². The minimum absolute atomic E-state index is 0.128. The third-order valence-electron chi connectivity index (χ3n) is 4.35. The standard InChI is InChI=1S/C20H17N3O3/c1-12-8-9-16-14(10-12)18(24)15(11-23(16)2)20-21-19(22-26-20)13-6-4-5-7-17(13)25-3/h4-11H,1-3H3. The van der Waals surface area contributed by atoms with Crippen molar-refractivity contribution >= 4 is 10.9 Å². The average Bonchev–Trinajstić information content (AvgIpc) is 3.14. The Balaban J connectivity index is 1.88. The zero-order valence-electron chi connectivity index (χ0n) is 14.7. The zero-order chi connectivity index (χ0) is 18.3. The Morgan fingerprint density at radius 3 is 2.73 bits per heavy atom. The van der Waals surface area contributed by atoms with Crippen molar-refractivity contribution in [3.63, 3.8) is 0 Å². The lowest BCUT2D eigenvalue weighted by Crippen LogP contribution is -2.10. The van der Waals surface area contributed by atoms with Crippen molar-refractivity contribution in [2.75, 3.05) is 7.11 Å². The van der Waals surface area contributed by atoms with Crippen molar-refractivity contribution in [2.45, 2.75) is 6.92 Å². The van der Waals surface area contributed by atoms with E-state index in [-0.39, 0.29) is 11.3 Å². The van der Waals surface area contributed by atoms with Gasteiger partial charge in [0, 0.05) is 18.6 Å². The highest BCUT2D eigenvalue weighted by Gasteiger charge is 2.18. The Labute approximate surface area is 149 Å². The molecule has 4 aromatic rings. The topological polar surface area (TPSA) is 70.2 Å². The molecule has 0 aliphatic rings. The first-order chi connectivity index (χ1) is 12.6. The number of benzene rings is 2. The first kappa shape index (κ1) is 16.1. The molecule has 2 aromatic heterocycles. The van der Waals surface area contributed by atoms with E-state index in [1.165, 1.54) is 0 Å². The second-order valence-electron chi connectivity index (χ2n) is 6.13. The predicted molar refractivity (Wildman–Crippen MR) is 99.2 cm³/mol. The maximum absolute atomic E-state index is 12.9. The van der Waals surface area contributed by atoms with Gasteiger partial charge in [-0.25, -0.2) is 0 Å². The van der Waals surface area contributed by atoms with Gasteiger partial charge < -0.3 is 13.8 Å². The van der Waals surface area contributed by atoms with E-state index in [0.717, 1.165) is 11.1 Å². The number of ether oxygens (including phenoxy) is 1. The minimum Gasteiger partial charge on any atom is -0.496 e. The van der Waals surface area contributed by atoms with Gasteiger partial charge in [0.1, 0.15) is 11.3 Å². The van der Waals surface area contributed by atoms with Crippen molar-refractivity contribution < 1.29 is 9.26 Å². The number of nitrogens with zero attached hydrogens (tertiary/aromatic N) is 3. The molecule has 0 bridgehead atoms. The molecule has 0 aliphatic heterocycles. The van der Waals surface area contributed by atoms with Crippen LogP contribution in [-0.4, -0.2) is 21.8 Å². The van der Waals surface area contributed by atoms with Gasteiger partial charge in [-0.2, -0.15) is 4.98 Å². The fourth-order valence-electron chi connectivity index (χ4n) is 3.03. The third kappa shape index (κ3) is 2.56.